The van der Waals surface area contributed by atoms with Crippen LogP contribution in [0.2, 0.25) is 0 Å². The van der Waals surface area contributed by atoms with Gasteiger partial charge in [0.2, 0.25) is 0 Å². The Bertz CT molecular complexity index is 243. The predicted molar refractivity (Wildman–Crippen MR) is 31.4 cm³/mol. The topological polar surface area (TPSA) is 89.3 Å². The van der Waals surface area contributed by atoms with Crippen LogP contribution in [-0.2, 0) is 6.54 Å². The summed E-state index contributed by atoms with van der Waals surface area (Å²) in [5, 5.41) is 8.30. The number of nitrogens with zero attached hydrogens (tertiary/aromatic N) is 1. The molecule has 0 aromatic carbocycles. The maximum atomic E-state index is 10.1. The summed E-state index contributed by atoms with van der Waals surface area (Å²) in [6, 6.07) is 0. The van der Waals surface area contributed by atoms with Crippen molar-refractivity contribution in [2.24, 2.45) is 5.73 Å². The van der Waals surface area contributed by atoms with Crippen molar-refractivity contribution in [3.05, 3.63) is 17.8 Å². The van der Waals surface area contributed by atoms with Crippen molar-refractivity contribution in [1.29, 1.82) is 0 Å². The van der Waals surface area contributed by atoms with Crippen LogP contribution >= 0.6 is 0 Å². The number of aromatic nitrogens is 1. The number of hydrogen-bond donors (Lipinski definition) is 2. The van der Waals surface area contributed by atoms with E-state index in [-0.39, 0.29) is 12.4 Å². The number of carboxylic acids is 1. The molecule has 0 saturated carbocycles. The predicted octanol–water partition coefficient (Wildman–Crippen LogP) is -0.169. The largest absolute Gasteiger partial charge is 0.474 e. The Morgan fingerprint density at radius 1 is 1.90 bits per heavy atom. The molecule has 54 valence electrons. The summed E-state index contributed by atoms with van der Waals surface area (Å²) in [5.41, 5.74) is 5.59. The van der Waals surface area contributed by atoms with E-state index >= 15 is 0 Å². The van der Waals surface area contributed by atoms with Crippen molar-refractivity contribution >= 4 is 5.97 Å². The molecule has 5 heteroatoms. The first-order valence-electron chi connectivity index (χ1n) is 2.62. The summed E-state index contributed by atoms with van der Waals surface area (Å²) < 4.78 is 4.53. The van der Waals surface area contributed by atoms with Crippen LogP contribution in [-0.4, -0.2) is 16.1 Å². The molecule has 0 aliphatic rings. The van der Waals surface area contributed by atoms with E-state index in [1.165, 1.54) is 6.26 Å². The molecule has 1 rings (SSSR count). The second kappa shape index (κ2) is 2.49. The minimum Gasteiger partial charge on any atom is -0.474 e. The van der Waals surface area contributed by atoms with Crippen molar-refractivity contribution in [3.8, 4) is 0 Å². The van der Waals surface area contributed by atoms with Crippen LogP contribution in [0.1, 0.15) is 16.4 Å². The van der Waals surface area contributed by atoms with Crippen LogP contribution in [0, 0.1) is 0 Å². The zero-order chi connectivity index (χ0) is 7.56. The third kappa shape index (κ3) is 1.14. The maximum absolute atomic E-state index is 10.1. The molecular weight excluding hydrogens is 136 g/mol. The second-order valence-electron chi connectivity index (χ2n) is 1.65. The van der Waals surface area contributed by atoms with Gasteiger partial charge in [0, 0.05) is 6.54 Å². The fourth-order valence-corrected chi connectivity index (χ4v) is 0.499. The number of rotatable bonds is 2. The molecule has 10 heavy (non-hydrogen) atoms. The lowest BCUT2D eigenvalue weighted by molar-refractivity contribution is 0.0653. The van der Waals surface area contributed by atoms with Gasteiger partial charge in [0.15, 0.2) is 0 Å². The monoisotopic (exact) mass is 142 g/mol. The van der Waals surface area contributed by atoms with Gasteiger partial charge in [-0.2, -0.15) is 0 Å². The zero-order valence-corrected chi connectivity index (χ0v) is 5.07. The Hall–Kier alpha value is -1.36. The summed E-state index contributed by atoms with van der Waals surface area (Å²) in [4.78, 5) is 13.7. The van der Waals surface area contributed by atoms with Crippen molar-refractivity contribution in [2.75, 3.05) is 0 Å². The Labute approximate surface area is 56.5 Å². The fraction of sp³-hybridized carbons (Fsp3) is 0.200. The number of carbonyl (C=O) groups is 1. The number of oxazole rings is 1. The van der Waals surface area contributed by atoms with Crippen LogP contribution in [0.25, 0.3) is 0 Å². The van der Waals surface area contributed by atoms with Gasteiger partial charge >= 0.3 is 11.9 Å². The minimum atomic E-state index is -1.18. The summed E-state index contributed by atoms with van der Waals surface area (Å²) in [6.45, 7) is 0.191. The smallest absolute Gasteiger partial charge is 0.392 e. The lowest BCUT2D eigenvalue weighted by atomic mass is 10.5. The molecule has 0 aliphatic carbocycles. The highest BCUT2D eigenvalue weighted by atomic mass is 16.4. The third-order valence-electron chi connectivity index (χ3n) is 0.944. The van der Waals surface area contributed by atoms with Gasteiger partial charge in [0.25, 0.3) is 0 Å². The first-order chi connectivity index (χ1) is 4.74. The first-order valence-corrected chi connectivity index (χ1v) is 2.62. The summed E-state index contributed by atoms with van der Waals surface area (Å²) in [5.74, 6) is -1.50. The van der Waals surface area contributed by atoms with Gasteiger partial charge in [-0.25, -0.2) is 9.78 Å². The number of carboxylic acid groups (broad SMARTS) is 1. The fourth-order valence-electron chi connectivity index (χ4n) is 0.499. The molecule has 0 atom stereocenters. The molecule has 0 aliphatic heterocycles. The Kier molecular flexibility index (Phi) is 1.68. The van der Waals surface area contributed by atoms with Gasteiger partial charge in [-0.3, -0.25) is 0 Å². The summed E-state index contributed by atoms with van der Waals surface area (Å²) in [6.07, 6.45) is 1.23. The molecule has 1 aromatic heterocycles. The Morgan fingerprint density at radius 2 is 2.60 bits per heavy atom. The highest BCUT2D eigenvalue weighted by Gasteiger charge is 2.09. The van der Waals surface area contributed by atoms with E-state index in [0.717, 1.165) is 0 Å². The van der Waals surface area contributed by atoms with Crippen molar-refractivity contribution in [3.63, 3.8) is 0 Å². The van der Waals surface area contributed by atoms with Gasteiger partial charge in [-0.15, -0.1) is 0 Å². The average molecular weight is 142 g/mol. The van der Waals surface area contributed by atoms with E-state index in [9.17, 15) is 4.79 Å². The lowest BCUT2D eigenvalue weighted by Gasteiger charge is -1.80. The normalized spacial score (nSPS) is 9.70. The van der Waals surface area contributed by atoms with Crippen LogP contribution in [0.15, 0.2) is 10.7 Å². The van der Waals surface area contributed by atoms with Gasteiger partial charge < -0.3 is 15.3 Å². The molecule has 0 saturated heterocycles. The Morgan fingerprint density at radius 3 is 2.90 bits per heavy atom. The first kappa shape index (κ1) is 6.76. The molecule has 0 radical (unpaired) electrons. The molecular formula is C5H6N2O3. The molecule has 0 bridgehead atoms. The SMILES string of the molecule is NCc1coc(C(=O)O)n1. The van der Waals surface area contributed by atoms with Gasteiger partial charge in [-0.1, -0.05) is 0 Å². The van der Waals surface area contributed by atoms with Crippen LogP contribution < -0.4 is 5.73 Å². The summed E-state index contributed by atoms with van der Waals surface area (Å²) >= 11 is 0. The molecule has 3 N–H and O–H groups in total. The Balaban J connectivity index is 2.88. The van der Waals surface area contributed by atoms with E-state index in [4.69, 9.17) is 10.8 Å². The van der Waals surface area contributed by atoms with E-state index in [1.54, 1.807) is 0 Å². The standard InChI is InChI=1S/C5H6N2O3/c6-1-3-2-10-4(7-3)5(8)9/h2H,1,6H2,(H,8,9). The van der Waals surface area contributed by atoms with Crippen molar-refractivity contribution in [2.45, 2.75) is 6.54 Å². The lowest BCUT2D eigenvalue weighted by Crippen LogP contribution is -1.99. The molecule has 0 unspecified atom stereocenters. The van der Waals surface area contributed by atoms with E-state index in [2.05, 4.69) is 9.40 Å². The quantitative estimate of drug-likeness (QED) is 0.598. The van der Waals surface area contributed by atoms with E-state index in [1.807, 2.05) is 0 Å². The number of nitrogens with two attached hydrogens (primary N) is 1. The molecule has 0 amide bonds. The average Bonchev–Trinajstić information content (AvgIpc) is 2.34. The highest BCUT2D eigenvalue weighted by molar-refractivity contribution is 5.82. The molecule has 0 fully saturated rings. The van der Waals surface area contributed by atoms with Gasteiger partial charge in [-0.05, 0) is 0 Å². The summed E-state index contributed by atoms with van der Waals surface area (Å²) in [7, 11) is 0. The van der Waals surface area contributed by atoms with E-state index in [0.29, 0.717) is 5.69 Å². The van der Waals surface area contributed by atoms with Crippen LogP contribution in [0.3, 0.4) is 0 Å². The highest BCUT2D eigenvalue weighted by Crippen LogP contribution is 1.99. The van der Waals surface area contributed by atoms with E-state index < -0.39 is 5.97 Å². The number of hydrogen-bond acceptors (Lipinski definition) is 4. The molecule has 1 heterocycles. The molecule has 1 aromatic rings. The third-order valence-corrected chi connectivity index (χ3v) is 0.944. The van der Waals surface area contributed by atoms with Gasteiger partial charge in [0.1, 0.15) is 6.26 Å². The molecule has 0 spiro atoms. The number of aromatic carboxylic acids is 1. The van der Waals surface area contributed by atoms with Crippen molar-refractivity contribution in [1.82, 2.24) is 4.98 Å². The maximum Gasteiger partial charge on any atom is 0.392 e. The molecule has 5 nitrogen and oxygen atoms in total. The second-order valence-corrected chi connectivity index (χ2v) is 1.65. The minimum absolute atomic E-state index is 0.191. The van der Waals surface area contributed by atoms with Crippen molar-refractivity contribution < 1.29 is 14.3 Å². The van der Waals surface area contributed by atoms with Crippen LogP contribution in [0.4, 0.5) is 0 Å². The van der Waals surface area contributed by atoms with Crippen LogP contribution in [0.5, 0.6) is 0 Å². The van der Waals surface area contributed by atoms with Gasteiger partial charge in [0.05, 0.1) is 5.69 Å². The zero-order valence-electron chi connectivity index (χ0n) is 5.07.